The van der Waals surface area contributed by atoms with Crippen LogP contribution >= 0.6 is 11.3 Å². The number of aromatic nitrogens is 1. The minimum Gasteiger partial charge on any atom is -0.314 e. The quantitative estimate of drug-likeness (QED) is 0.856. The van der Waals surface area contributed by atoms with Gasteiger partial charge in [-0.15, -0.1) is 11.3 Å². The number of nitrogens with zero attached hydrogens (tertiary/aromatic N) is 2. The molecule has 0 unspecified atom stereocenters. The topological polar surface area (TPSA) is 28.2 Å². The molecule has 1 aliphatic heterocycles. The molecule has 16 heavy (non-hydrogen) atoms. The number of hydrogen-bond donors (Lipinski definition) is 1. The number of thiazole rings is 1. The van der Waals surface area contributed by atoms with E-state index in [0.717, 1.165) is 38.2 Å². The van der Waals surface area contributed by atoms with E-state index >= 15 is 0 Å². The fourth-order valence-electron chi connectivity index (χ4n) is 2.05. The van der Waals surface area contributed by atoms with E-state index in [1.807, 2.05) is 11.3 Å². The summed E-state index contributed by atoms with van der Waals surface area (Å²) in [6.45, 7) is 5.47. The van der Waals surface area contributed by atoms with Crippen LogP contribution in [0.3, 0.4) is 0 Å². The van der Waals surface area contributed by atoms with Crippen molar-refractivity contribution in [3.05, 3.63) is 29.3 Å². The van der Waals surface area contributed by atoms with E-state index in [2.05, 4.69) is 39.5 Å². The molecular weight excluding hydrogens is 218 g/mol. The first-order valence-electron chi connectivity index (χ1n) is 5.69. The number of hydrogen-bond acceptors (Lipinski definition) is 4. The molecule has 0 atom stereocenters. The zero-order valence-electron chi connectivity index (χ0n) is 9.15. The summed E-state index contributed by atoms with van der Waals surface area (Å²) >= 11 is 1.82. The van der Waals surface area contributed by atoms with Gasteiger partial charge >= 0.3 is 0 Å². The Bertz CT molecular complexity index is 441. The molecule has 2 aromatic rings. The van der Waals surface area contributed by atoms with Crippen molar-refractivity contribution < 1.29 is 0 Å². The van der Waals surface area contributed by atoms with Crippen molar-refractivity contribution in [2.75, 3.05) is 26.2 Å². The van der Waals surface area contributed by atoms with Crippen LogP contribution in [0.2, 0.25) is 0 Å². The molecule has 1 N–H and O–H groups in total. The number of nitrogens with one attached hydrogen (secondary N) is 1. The number of fused-ring (bicyclic) bond motifs is 1. The third kappa shape index (κ3) is 2.09. The fourth-order valence-corrected chi connectivity index (χ4v) is 3.06. The number of piperazine rings is 1. The standard InChI is InChI=1S/C12H15N3S/c1-2-4-11-10(3-1)14-12(16-11)9-15-7-5-13-6-8-15/h1-4,13H,5-9H2. The lowest BCUT2D eigenvalue weighted by Crippen LogP contribution is -2.42. The van der Waals surface area contributed by atoms with E-state index in [9.17, 15) is 0 Å². The Balaban J connectivity index is 1.78. The molecule has 0 aliphatic carbocycles. The van der Waals surface area contributed by atoms with E-state index in [4.69, 9.17) is 0 Å². The molecular formula is C12H15N3S. The molecule has 3 rings (SSSR count). The van der Waals surface area contributed by atoms with Gasteiger partial charge in [0.25, 0.3) is 0 Å². The number of para-hydroxylation sites is 1. The largest absolute Gasteiger partial charge is 0.314 e. The second-order valence-electron chi connectivity index (χ2n) is 4.10. The third-order valence-corrected chi connectivity index (χ3v) is 3.93. The van der Waals surface area contributed by atoms with E-state index in [0.29, 0.717) is 0 Å². The third-order valence-electron chi connectivity index (χ3n) is 2.91. The van der Waals surface area contributed by atoms with Crippen LogP contribution in [0.15, 0.2) is 24.3 Å². The molecule has 0 bridgehead atoms. The average molecular weight is 233 g/mol. The Kier molecular flexibility index (Phi) is 2.86. The van der Waals surface area contributed by atoms with Crippen molar-refractivity contribution in [3.8, 4) is 0 Å². The molecule has 0 spiro atoms. The normalized spacial score (nSPS) is 18.0. The summed E-state index contributed by atoms with van der Waals surface area (Å²) in [6, 6.07) is 8.37. The Morgan fingerprint density at radius 2 is 2.06 bits per heavy atom. The first-order chi connectivity index (χ1) is 7.92. The fraction of sp³-hybridized carbons (Fsp3) is 0.417. The summed E-state index contributed by atoms with van der Waals surface area (Å²) in [6.07, 6.45) is 0. The maximum atomic E-state index is 4.66. The predicted molar refractivity (Wildman–Crippen MR) is 67.8 cm³/mol. The molecule has 3 nitrogen and oxygen atoms in total. The van der Waals surface area contributed by atoms with Crippen molar-refractivity contribution >= 4 is 21.6 Å². The Morgan fingerprint density at radius 3 is 2.88 bits per heavy atom. The van der Waals surface area contributed by atoms with Gasteiger partial charge in [-0.05, 0) is 12.1 Å². The Hall–Kier alpha value is -0.970. The smallest absolute Gasteiger partial charge is 0.108 e. The molecule has 1 saturated heterocycles. The van der Waals surface area contributed by atoms with E-state index in [-0.39, 0.29) is 0 Å². The maximum absolute atomic E-state index is 4.66. The lowest BCUT2D eigenvalue weighted by Gasteiger charge is -2.25. The summed E-state index contributed by atoms with van der Waals surface area (Å²) < 4.78 is 1.30. The van der Waals surface area contributed by atoms with Crippen LogP contribution in [0.1, 0.15) is 5.01 Å². The molecule has 84 valence electrons. The van der Waals surface area contributed by atoms with Crippen molar-refractivity contribution in [1.82, 2.24) is 15.2 Å². The highest BCUT2D eigenvalue weighted by Crippen LogP contribution is 2.22. The van der Waals surface area contributed by atoms with Gasteiger partial charge in [-0.2, -0.15) is 0 Å². The Morgan fingerprint density at radius 1 is 1.25 bits per heavy atom. The van der Waals surface area contributed by atoms with Crippen LogP contribution in [-0.4, -0.2) is 36.1 Å². The first kappa shape index (κ1) is 10.2. The van der Waals surface area contributed by atoms with Crippen LogP contribution in [0.4, 0.5) is 0 Å². The second kappa shape index (κ2) is 4.49. The molecule has 4 heteroatoms. The first-order valence-corrected chi connectivity index (χ1v) is 6.51. The van der Waals surface area contributed by atoms with Crippen molar-refractivity contribution in [2.24, 2.45) is 0 Å². The van der Waals surface area contributed by atoms with Crippen LogP contribution in [-0.2, 0) is 6.54 Å². The molecule has 0 radical (unpaired) electrons. The molecule has 1 aromatic heterocycles. The summed E-state index contributed by atoms with van der Waals surface area (Å²) in [5.41, 5.74) is 1.14. The summed E-state index contributed by atoms with van der Waals surface area (Å²) in [4.78, 5) is 7.13. The molecule has 2 heterocycles. The van der Waals surface area contributed by atoms with E-state index in [1.54, 1.807) is 0 Å². The summed E-state index contributed by atoms with van der Waals surface area (Å²) in [5.74, 6) is 0. The minimum atomic E-state index is 1.00. The molecule has 1 aliphatic rings. The molecule has 0 amide bonds. The van der Waals surface area contributed by atoms with Gasteiger partial charge in [0.15, 0.2) is 0 Å². The highest BCUT2D eigenvalue weighted by molar-refractivity contribution is 7.18. The lowest BCUT2D eigenvalue weighted by atomic mass is 10.3. The summed E-state index contributed by atoms with van der Waals surface area (Å²) in [7, 11) is 0. The van der Waals surface area contributed by atoms with Gasteiger partial charge in [-0.1, -0.05) is 12.1 Å². The average Bonchev–Trinajstić information content (AvgIpc) is 2.72. The van der Waals surface area contributed by atoms with Crippen molar-refractivity contribution in [3.63, 3.8) is 0 Å². The van der Waals surface area contributed by atoms with Crippen molar-refractivity contribution in [2.45, 2.75) is 6.54 Å². The maximum Gasteiger partial charge on any atom is 0.108 e. The number of benzene rings is 1. The monoisotopic (exact) mass is 233 g/mol. The SMILES string of the molecule is c1ccc2sc(CN3CCNCC3)nc2c1. The highest BCUT2D eigenvalue weighted by Gasteiger charge is 2.12. The van der Waals surface area contributed by atoms with E-state index < -0.39 is 0 Å². The van der Waals surface area contributed by atoms with Crippen LogP contribution in [0.25, 0.3) is 10.2 Å². The van der Waals surface area contributed by atoms with Gasteiger partial charge in [-0.25, -0.2) is 4.98 Å². The van der Waals surface area contributed by atoms with Crippen molar-refractivity contribution in [1.29, 1.82) is 0 Å². The minimum absolute atomic E-state index is 1.00. The zero-order chi connectivity index (χ0) is 10.8. The highest BCUT2D eigenvalue weighted by atomic mass is 32.1. The van der Waals surface area contributed by atoms with Gasteiger partial charge < -0.3 is 5.32 Å². The van der Waals surface area contributed by atoms with Gasteiger partial charge in [0.05, 0.1) is 16.8 Å². The molecule has 1 fully saturated rings. The van der Waals surface area contributed by atoms with Gasteiger partial charge in [0.1, 0.15) is 5.01 Å². The molecule has 0 saturated carbocycles. The predicted octanol–water partition coefficient (Wildman–Crippen LogP) is 1.70. The lowest BCUT2D eigenvalue weighted by molar-refractivity contribution is 0.233. The zero-order valence-corrected chi connectivity index (χ0v) is 9.96. The van der Waals surface area contributed by atoms with Gasteiger partial charge in [-0.3, -0.25) is 4.90 Å². The van der Waals surface area contributed by atoms with Crippen LogP contribution < -0.4 is 5.32 Å². The summed E-state index contributed by atoms with van der Waals surface area (Å²) in [5, 5.41) is 4.61. The Labute approximate surface area is 99.1 Å². The van der Waals surface area contributed by atoms with Crippen LogP contribution in [0.5, 0.6) is 0 Å². The van der Waals surface area contributed by atoms with Gasteiger partial charge in [0, 0.05) is 26.2 Å². The number of rotatable bonds is 2. The molecule has 1 aromatic carbocycles. The van der Waals surface area contributed by atoms with Crippen LogP contribution in [0, 0.1) is 0 Å². The second-order valence-corrected chi connectivity index (χ2v) is 5.22. The van der Waals surface area contributed by atoms with Gasteiger partial charge in [0.2, 0.25) is 0 Å². The van der Waals surface area contributed by atoms with E-state index in [1.165, 1.54) is 9.71 Å².